The van der Waals surface area contributed by atoms with Gasteiger partial charge in [0.15, 0.2) is 0 Å². The van der Waals surface area contributed by atoms with Crippen molar-refractivity contribution in [1.29, 1.82) is 0 Å². The number of aliphatic carboxylic acids is 1. The van der Waals surface area contributed by atoms with Crippen LogP contribution in [-0.4, -0.2) is 29.3 Å². The molecule has 166 valence electrons. The number of ether oxygens (including phenoxy) is 2. The number of benzene rings is 2. The molecule has 1 atom stereocenters. The largest absolute Gasteiger partial charge is 0.492 e. The molecule has 1 fully saturated rings. The minimum Gasteiger partial charge on any atom is -0.492 e. The molecule has 0 amide bonds. The number of nitrogens with one attached hydrogen (secondary N) is 1. The van der Waals surface area contributed by atoms with Gasteiger partial charge < -0.3 is 19.9 Å². The molecule has 6 heteroatoms. The van der Waals surface area contributed by atoms with Crippen molar-refractivity contribution in [3.8, 4) is 11.5 Å². The molecular formula is C25H30ClNO4. The van der Waals surface area contributed by atoms with Gasteiger partial charge in [-0.3, -0.25) is 4.79 Å². The first-order valence-electron chi connectivity index (χ1n) is 11.1. The smallest absolute Gasteiger partial charge is 0.305 e. The maximum atomic E-state index is 11.4. The van der Waals surface area contributed by atoms with E-state index in [-0.39, 0.29) is 18.0 Å². The van der Waals surface area contributed by atoms with Gasteiger partial charge in [0.25, 0.3) is 0 Å². The number of hydrogen-bond acceptors (Lipinski definition) is 4. The van der Waals surface area contributed by atoms with E-state index in [1.54, 1.807) is 0 Å². The standard InChI is InChI=1S/C25H30ClNO4/c1-2-17-6-5-7-22(26)21(17)16-30-20-9-8-18-12-19(15-31-23(18)13-20)27-25(14-24(28)29)10-3-4-11-25/h5-9,13,19,27H,2-4,10-12,14-16H2,1H3,(H,28,29). The number of aryl methyl sites for hydroxylation is 1. The first-order chi connectivity index (χ1) is 15.0. The second kappa shape index (κ2) is 9.49. The van der Waals surface area contributed by atoms with Crippen molar-refractivity contribution in [2.45, 2.75) is 70.1 Å². The van der Waals surface area contributed by atoms with Crippen molar-refractivity contribution in [3.63, 3.8) is 0 Å². The normalized spacial score (nSPS) is 19.5. The average Bonchev–Trinajstić information content (AvgIpc) is 3.19. The van der Waals surface area contributed by atoms with Crippen LogP contribution in [0.15, 0.2) is 36.4 Å². The summed E-state index contributed by atoms with van der Waals surface area (Å²) < 4.78 is 12.1. The van der Waals surface area contributed by atoms with E-state index < -0.39 is 5.97 Å². The number of carboxylic acid groups (broad SMARTS) is 1. The number of carbonyl (C=O) groups is 1. The summed E-state index contributed by atoms with van der Waals surface area (Å²) in [5.74, 6) is 0.854. The Morgan fingerprint density at radius 1 is 1.29 bits per heavy atom. The number of hydrogen-bond donors (Lipinski definition) is 2. The molecule has 0 bridgehead atoms. The lowest BCUT2D eigenvalue weighted by Gasteiger charge is -2.36. The van der Waals surface area contributed by atoms with Crippen LogP contribution in [0, 0.1) is 0 Å². The summed E-state index contributed by atoms with van der Waals surface area (Å²) >= 11 is 6.37. The van der Waals surface area contributed by atoms with Crippen LogP contribution in [0.25, 0.3) is 0 Å². The Morgan fingerprint density at radius 3 is 2.84 bits per heavy atom. The van der Waals surface area contributed by atoms with Gasteiger partial charge in [-0.25, -0.2) is 0 Å². The Morgan fingerprint density at radius 2 is 2.10 bits per heavy atom. The molecule has 0 aromatic heterocycles. The molecule has 2 aromatic rings. The first kappa shape index (κ1) is 22.0. The molecule has 1 aliphatic carbocycles. The SMILES string of the molecule is CCc1cccc(Cl)c1COc1ccc2c(c1)OCC(NC1(CC(=O)O)CCCC1)C2. The van der Waals surface area contributed by atoms with Crippen molar-refractivity contribution in [3.05, 3.63) is 58.1 Å². The van der Waals surface area contributed by atoms with E-state index in [9.17, 15) is 9.90 Å². The van der Waals surface area contributed by atoms with Crippen molar-refractivity contribution in [1.82, 2.24) is 5.32 Å². The third-order valence-electron chi connectivity index (χ3n) is 6.49. The van der Waals surface area contributed by atoms with E-state index in [2.05, 4.69) is 18.3 Å². The number of carboxylic acids is 1. The lowest BCUT2D eigenvalue weighted by Crippen LogP contribution is -2.53. The lowest BCUT2D eigenvalue weighted by atomic mass is 9.90. The topological polar surface area (TPSA) is 67.8 Å². The fraction of sp³-hybridized carbons (Fsp3) is 0.480. The summed E-state index contributed by atoms with van der Waals surface area (Å²) in [5.41, 5.74) is 3.03. The van der Waals surface area contributed by atoms with Gasteiger partial charge in [0.2, 0.25) is 0 Å². The molecular weight excluding hydrogens is 414 g/mol. The summed E-state index contributed by atoms with van der Waals surface area (Å²) in [5, 5.41) is 13.7. The zero-order chi connectivity index (χ0) is 21.8. The van der Waals surface area contributed by atoms with Gasteiger partial charge in [-0.15, -0.1) is 0 Å². The molecule has 1 heterocycles. The second-order valence-corrected chi connectivity index (χ2v) is 9.11. The van der Waals surface area contributed by atoms with Crippen LogP contribution in [0.1, 0.15) is 55.7 Å². The predicted octanol–water partition coefficient (Wildman–Crippen LogP) is 5.16. The molecule has 1 aliphatic heterocycles. The van der Waals surface area contributed by atoms with Crippen LogP contribution in [-0.2, 0) is 24.2 Å². The van der Waals surface area contributed by atoms with E-state index in [0.29, 0.717) is 13.2 Å². The minimum absolute atomic E-state index is 0.118. The zero-order valence-corrected chi connectivity index (χ0v) is 18.7. The molecule has 0 radical (unpaired) electrons. The third-order valence-corrected chi connectivity index (χ3v) is 6.84. The number of fused-ring (bicyclic) bond motifs is 1. The van der Waals surface area contributed by atoms with Crippen LogP contribution in [0.2, 0.25) is 5.02 Å². The highest BCUT2D eigenvalue weighted by Gasteiger charge is 2.38. The van der Waals surface area contributed by atoms with Crippen LogP contribution < -0.4 is 14.8 Å². The maximum Gasteiger partial charge on any atom is 0.305 e. The lowest BCUT2D eigenvalue weighted by molar-refractivity contribution is -0.138. The Kier molecular flexibility index (Phi) is 6.73. The fourth-order valence-corrected chi connectivity index (χ4v) is 5.18. The minimum atomic E-state index is -0.738. The van der Waals surface area contributed by atoms with Gasteiger partial charge in [-0.1, -0.05) is 49.6 Å². The van der Waals surface area contributed by atoms with Gasteiger partial charge >= 0.3 is 5.97 Å². The molecule has 1 saturated carbocycles. The van der Waals surface area contributed by atoms with Crippen LogP contribution in [0.3, 0.4) is 0 Å². The Balaban J connectivity index is 1.40. The van der Waals surface area contributed by atoms with Gasteiger partial charge in [0.1, 0.15) is 24.7 Å². The predicted molar refractivity (Wildman–Crippen MR) is 121 cm³/mol. The van der Waals surface area contributed by atoms with E-state index >= 15 is 0 Å². The van der Waals surface area contributed by atoms with Gasteiger partial charge in [-0.05, 0) is 48.9 Å². The van der Waals surface area contributed by atoms with Crippen molar-refractivity contribution < 1.29 is 19.4 Å². The van der Waals surface area contributed by atoms with E-state index in [4.69, 9.17) is 21.1 Å². The molecule has 0 spiro atoms. The summed E-state index contributed by atoms with van der Waals surface area (Å²) in [6, 6.07) is 12.0. The highest BCUT2D eigenvalue weighted by molar-refractivity contribution is 6.31. The Bertz CT molecular complexity index is 939. The Labute approximate surface area is 188 Å². The van der Waals surface area contributed by atoms with E-state index in [1.807, 2.05) is 30.3 Å². The summed E-state index contributed by atoms with van der Waals surface area (Å²) in [6.45, 7) is 3.06. The van der Waals surface area contributed by atoms with Gasteiger partial charge in [0, 0.05) is 28.2 Å². The van der Waals surface area contributed by atoms with Crippen molar-refractivity contribution in [2.75, 3.05) is 6.61 Å². The molecule has 5 nitrogen and oxygen atoms in total. The van der Waals surface area contributed by atoms with E-state index in [0.717, 1.165) is 66.2 Å². The summed E-state index contributed by atoms with van der Waals surface area (Å²) in [7, 11) is 0. The second-order valence-electron chi connectivity index (χ2n) is 8.70. The van der Waals surface area contributed by atoms with Crippen LogP contribution in [0.4, 0.5) is 0 Å². The highest BCUT2D eigenvalue weighted by Crippen LogP contribution is 2.35. The molecule has 2 aromatic carbocycles. The maximum absolute atomic E-state index is 11.4. The van der Waals surface area contributed by atoms with Crippen LogP contribution in [0.5, 0.6) is 11.5 Å². The monoisotopic (exact) mass is 443 g/mol. The highest BCUT2D eigenvalue weighted by atomic mass is 35.5. The van der Waals surface area contributed by atoms with Crippen molar-refractivity contribution >= 4 is 17.6 Å². The molecule has 0 saturated heterocycles. The molecule has 31 heavy (non-hydrogen) atoms. The summed E-state index contributed by atoms with van der Waals surface area (Å²) in [6.07, 6.45) is 5.89. The quantitative estimate of drug-likeness (QED) is 0.589. The fourth-order valence-electron chi connectivity index (χ4n) is 4.93. The molecule has 4 rings (SSSR count). The van der Waals surface area contributed by atoms with Gasteiger partial charge in [0.05, 0.1) is 6.42 Å². The molecule has 2 N–H and O–H groups in total. The Hall–Kier alpha value is -2.24. The number of rotatable bonds is 8. The van der Waals surface area contributed by atoms with Crippen LogP contribution >= 0.6 is 11.6 Å². The third kappa shape index (κ3) is 5.16. The average molecular weight is 444 g/mol. The van der Waals surface area contributed by atoms with E-state index in [1.165, 1.54) is 5.56 Å². The molecule has 2 aliphatic rings. The molecule has 1 unspecified atom stereocenters. The van der Waals surface area contributed by atoms with Crippen molar-refractivity contribution in [2.24, 2.45) is 0 Å². The number of halogens is 1. The zero-order valence-electron chi connectivity index (χ0n) is 18.0. The van der Waals surface area contributed by atoms with Gasteiger partial charge in [-0.2, -0.15) is 0 Å². The first-order valence-corrected chi connectivity index (χ1v) is 11.5. The summed E-state index contributed by atoms with van der Waals surface area (Å²) in [4.78, 5) is 11.4.